The first-order valence-corrected chi connectivity index (χ1v) is 9.08. The first-order chi connectivity index (χ1) is 12.8. The number of ether oxygens (including phenoxy) is 1. The zero-order chi connectivity index (χ0) is 17.8. The number of amides is 1. The molecule has 0 atom stereocenters. The summed E-state index contributed by atoms with van der Waals surface area (Å²) in [7, 11) is 0. The molecule has 0 spiro atoms. The van der Waals surface area contributed by atoms with Crippen LogP contribution in [0.5, 0.6) is 5.75 Å². The monoisotopic (exact) mass is 360 g/mol. The van der Waals surface area contributed by atoms with Crippen LogP contribution in [0.4, 0.5) is 5.13 Å². The Hall–Kier alpha value is -3.18. The van der Waals surface area contributed by atoms with Gasteiger partial charge in [-0.3, -0.25) is 10.1 Å². The molecule has 0 saturated heterocycles. The number of nitrogens with one attached hydrogen (secondary N) is 1. The molecule has 1 heterocycles. The molecule has 26 heavy (non-hydrogen) atoms. The van der Waals surface area contributed by atoms with E-state index >= 15 is 0 Å². The molecule has 4 nitrogen and oxygen atoms in total. The van der Waals surface area contributed by atoms with E-state index in [9.17, 15) is 4.79 Å². The van der Waals surface area contributed by atoms with Crippen LogP contribution in [0.2, 0.25) is 0 Å². The third kappa shape index (κ3) is 3.73. The Morgan fingerprint density at radius 2 is 1.73 bits per heavy atom. The zero-order valence-corrected chi connectivity index (χ0v) is 14.7. The number of benzene rings is 3. The van der Waals surface area contributed by atoms with Crippen LogP contribution in [0, 0.1) is 0 Å². The third-order valence-corrected chi connectivity index (χ3v) is 4.67. The standard InChI is InChI=1S/C21H16N2O2S/c24-20(13-25-18-8-2-1-3-9-18)23-21-22-19(14-26-21)17-11-10-15-6-4-5-7-16(15)12-17/h1-12,14H,13H2,(H,22,23,24). The molecule has 0 aliphatic rings. The number of hydrogen-bond donors (Lipinski definition) is 1. The molecule has 0 fully saturated rings. The second-order valence-corrected chi connectivity index (χ2v) is 6.61. The van der Waals surface area contributed by atoms with Gasteiger partial charge in [0.15, 0.2) is 11.7 Å². The van der Waals surface area contributed by atoms with Crippen LogP contribution in [-0.4, -0.2) is 17.5 Å². The molecule has 0 saturated carbocycles. The lowest BCUT2D eigenvalue weighted by molar-refractivity contribution is -0.118. The minimum Gasteiger partial charge on any atom is -0.484 e. The Kier molecular flexibility index (Phi) is 4.62. The van der Waals surface area contributed by atoms with E-state index in [4.69, 9.17) is 4.74 Å². The highest BCUT2D eigenvalue weighted by molar-refractivity contribution is 7.14. The van der Waals surface area contributed by atoms with E-state index in [1.807, 2.05) is 53.9 Å². The molecule has 0 aliphatic carbocycles. The molecule has 0 aliphatic heterocycles. The van der Waals surface area contributed by atoms with Crippen molar-refractivity contribution in [3.05, 3.63) is 78.2 Å². The number of para-hydroxylation sites is 1. The fraction of sp³-hybridized carbons (Fsp3) is 0.0476. The second-order valence-electron chi connectivity index (χ2n) is 5.75. The average Bonchev–Trinajstić information content (AvgIpc) is 3.15. The number of carbonyl (C=O) groups is 1. The summed E-state index contributed by atoms with van der Waals surface area (Å²) in [5.41, 5.74) is 1.88. The maximum atomic E-state index is 12.0. The highest BCUT2D eigenvalue weighted by Gasteiger charge is 2.09. The highest BCUT2D eigenvalue weighted by atomic mass is 32.1. The van der Waals surface area contributed by atoms with Crippen LogP contribution in [0.25, 0.3) is 22.0 Å². The van der Waals surface area contributed by atoms with Crippen molar-refractivity contribution < 1.29 is 9.53 Å². The van der Waals surface area contributed by atoms with E-state index < -0.39 is 0 Å². The van der Waals surface area contributed by atoms with E-state index in [-0.39, 0.29) is 12.5 Å². The number of carbonyl (C=O) groups excluding carboxylic acids is 1. The SMILES string of the molecule is O=C(COc1ccccc1)Nc1nc(-c2ccc3ccccc3c2)cs1. The van der Waals surface area contributed by atoms with Crippen molar-refractivity contribution in [3.63, 3.8) is 0 Å². The van der Waals surface area contributed by atoms with Crippen LogP contribution < -0.4 is 10.1 Å². The van der Waals surface area contributed by atoms with E-state index in [0.29, 0.717) is 10.9 Å². The molecule has 5 heteroatoms. The summed E-state index contributed by atoms with van der Waals surface area (Å²) >= 11 is 1.40. The van der Waals surface area contributed by atoms with Crippen molar-refractivity contribution in [2.75, 3.05) is 11.9 Å². The number of fused-ring (bicyclic) bond motifs is 1. The Bertz CT molecular complexity index is 1040. The Labute approximate surface area is 155 Å². The van der Waals surface area contributed by atoms with E-state index in [2.05, 4.69) is 34.6 Å². The topological polar surface area (TPSA) is 51.2 Å². The van der Waals surface area contributed by atoms with Crippen molar-refractivity contribution in [2.24, 2.45) is 0 Å². The number of nitrogens with zero attached hydrogens (tertiary/aromatic N) is 1. The Morgan fingerprint density at radius 1 is 0.962 bits per heavy atom. The van der Waals surface area contributed by atoms with Gasteiger partial charge in [-0.2, -0.15) is 0 Å². The smallest absolute Gasteiger partial charge is 0.264 e. The van der Waals surface area contributed by atoms with Crippen LogP contribution >= 0.6 is 11.3 Å². The van der Waals surface area contributed by atoms with Gasteiger partial charge in [0.05, 0.1) is 5.69 Å². The first-order valence-electron chi connectivity index (χ1n) is 8.20. The molecule has 4 aromatic rings. The normalized spacial score (nSPS) is 10.6. The molecule has 1 aromatic heterocycles. The summed E-state index contributed by atoms with van der Waals surface area (Å²) in [5.74, 6) is 0.437. The molecule has 0 unspecified atom stereocenters. The largest absolute Gasteiger partial charge is 0.484 e. The lowest BCUT2D eigenvalue weighted by Crippen LogP contribution is -2.19. The predicted molar refractivity (Wildman–Crippen MR) is 106 cm³/mol. The number of aromatic nitrogens is 1. The van der Waals surface area contributed by atoms with Gasteiger partial charge in [0.2, 0.25) is 0 Å². The Balaban J connectivity index is 1.43. The molecule has 128 valence electrons. The molecular formula is C21H16N2O2S. The van der Waals surface area contributed by atoms with E-state index in [1.165, 1.54) is 22.1 Å². The third-order valence-electron chi connectivity index (χ3n) is 3.91. The predicted octanol–water partition coefficient (Wildman–Crippen LogP) is 4.98. The maximum Gasteiger partial charge on any atom is 0.264 e. The number of hydrogen-bond acceptors (Lipinski definition) is 4. The summed E-state index contributed by atoms with van der Waals surface area (Å²) in [6, 6.07) is 23.7. The van der Waals surface area contributed by atoms with Gasteiger partial charge in [-0.1, -0.05) is 54.6 Å². The fourth-order valence-corrected chi connectivity index (χ4v) is 3.37. The maximum absolute atomic E-state index is 12.0. The molecule has 1 N–H and O–H groups in total. The summed E-state index contributed by atoms with van der Waals surface area (Å²) in [5, 5.41) is 7.65. The van der Waals surface area contributed by atoms with Crippen LogP contribution in [0.1, 0.15) is 0 Å². The van der Waals surface area contributed by atoms with E-state index in [1.54, 1.807) is 0 Å². The summed E-state index contributed by atoms with van der Waals surface area (Å²) in [4.78, 5) is 16.6. The molecule has 3 aromatic carbocycles. The van der Waals surface area contributed by atoms with Gasteiger partial charge >= 0.3 is 0 Å². The van der Waals surface area contributed by atoms with E-state index in [0.717, 1.165) is 11.3 Å². The van der Waals surface area contributed by atoms with Crippen molar-refractivity contribution in [1.82, 2.24) is 4.98 Å². The highest BCUT2D eigenvalue weighted by Crippen LogP contribution is 2.27. The molecule has 0 radical (unpaired) electrons. The van der Waals surface area contributed by atoms with Gasteiger partial charge in [-0.05, 0) is 29.0 Å². The molecule has 0 bridgehead atoms. The first kappa shape index (κ1) is 16.3. The lowest BCUT2D eigenvalue weighted by Gasteiger charge is -2.05. The van der Waals surface area contributed by atoms with Crippen molar-refractivity contribution in [2.45, 2.75) is 0 Å². The number of thiazole rings is 1. The van der Waals surface area contributed by atoms with Gasteiger partial charge in [0, 0.05) is 10.9 Å². The minimum absolute atomic E-state index is 0.0467. The molecular weight excluding hydrogens is 344 g/mol. The minimum atomic E-state index is -0.228. The quantitative estimate of drug-likeness (QED) is 0.546. The zero-order valence-electron chi connectivity index (χ0n) is 13.9. The fourth-order valence-electron chi connectivity index (χ4n) is 2.63. The van der Waals surface area contributed by atoms with Gasteiger partial charge in [0.1, 0.15) is 5.75 Å². The number of rotatable bonds is 5. The second kappa shape index (κ2) is 7.37. The molecule has 1 amide bonds. The van der Waals surface area contributed by atoms with Crippen LogP contribution in [0.3, 0.4) is 0 Å². The summed E-state index contributed by atoms with van der Waals surface area (Å²) in [6.45, 7) is -0.0467. The van der Waals surface area contributed by atoms with Crippen LogP contribution in [-0.2, 0) is 4.79 Å². The van der Waals surface area contributed by atoms with Gasteiger partial charge in [-0.25, -0.2) is 4.98 Å². The lowest BCUT2D eigenvalue weighted by atomic mass is 10.1. The Morgan fingerprint density at radius 3 is 2.58 bits per heavy atom. The summed E-state index contributed by atoms with van der Waals surface area (Å²) in [6.07, 6.45) is 0. The van der Waals surface area contributed by atoms with Crippen LogP contribution in [0.15, 0.2) is 78.2 Å². The average molecular weight is 360 g/mol. The van der Waals surface area contributed by atoms with Gasteiger partial charge in [-0.15, -0.1) is 11.3 Å². The van der Waals surface area contributed by atoms with Crippen molar-refractivity contribution in [1.29, 1.82) is 0 Å². The van der Waals surface area contributed by atoms with Gasteiger partial charge < -0.3 is 4.74 Å². The van der Waals surface area contributed by atoms with Crippen molar-refractivity contribution >= 4 is 33.1 Å². The van der Waals surface area contributed by atoms with Gasteiger partial charge in [0.25, 0.3) is 5.91 Å². The van der Waals surface area contributed by atoms with Crippen molar-refractivity contribution in [3.8, 4) is 17.0 Å². The summed E-state index contributed by atoms with van der Waals surface area (Å²) < 4.78 is 5.44. The number of anilines is 1. The molecule has 4 rings (SSSR count).